The molecule has 0 spiro atoms. The van der Waals surface area contributed by atoms with Crippen molar-refractivity contribution in [1.82, 2.24) is 15.0 Å². The van der Waals surface area contributed by atoms with Crippen LogP contribution in [0.5, 0.6) is 0 Å². The minimum Gasteiger partial charge on any atom is -0.350 e. The van der Waals surface area contributed by atoms with Gasteiger partial charge in [-0.1, -0.05) is 11.6 Å². The van der Waals surface area contributed by atoms with Crippen LogP contribution in [0.15, 0.2) is 6.20 Å². The second-order valence-corrected chi connectivity index (χ2v) is 5.17. The molecular formula is C11H7Cl2F3N4. The van der Waals surface area contributed by atoms with Gasteiger partial charge in [-0.25, -0.2) is 23.1 Å². The highest BCUT2D eigenvalue weighted by Crippen LogP contribution is 2.34. The van der Waals surface area contributed by atoms with Crippen LogP contribution in [-0.4, -0.2) is 34.0 Å². The molecule has 3 rings (SSSR count). The smallest absolute Gasteiger partial charge is 0.266 e. The van der Waals surface area contributed by atoms with Gasteiger partial charge in [0.25, 0.3) is 5.92 Å². The lowest BCUT2D eigenvalue weighted by atomic mass is 10.2. The third-order valence-electron chi connectivity index (χ3n) is 3.06. The molecule has 0 unspecified atom stereocenters. The van der Waals surface area contributed by atoms with Gasteiger partial charge in [0.05, 0.1) is 11.9 Å². The number of pyridine rings is 1. The van der Waals surface area contributed by atoms with Crippen LogP contribution in [0.4, 0.5) is 19.0 Å². The van der Waals surface area contributed by atoms with E-state index in [2.05, 4.69) is 15.0 Å². The van der Waals surface area contributed by atoms with Crippen molar-refractivity contribution in [2.75, 3.05) is 18.0 Å². The molecule has 0 atom stereocenters. The Labute approximate surface area is 121 Å². The predicted octanol–water partition coefficient (Wildman–Crippen LogP) is 3.32. The summed E-state index contributed by atoms with van der Waals surface area (Å²) in [4.78, 5) is 12.7. The van der Waals surface area contributed by atoms with Crippen molar-refractivity contribution >= 4 is 39.9 Å². The summed E-state index contributed by atoms with van der Waals surface area (Å²) in [7, 11) is 0. The van der Waals surface area contributed by atoms with Crippen LogP contribution in [0.25, 0.3) is 10.9 Å². The maximum Gasteiger partial charge on any atom is 0.266 e. The Hall–Kier alpha value is -1.34. The molecule has 2 aromatic rings. The van der Waals surface area contributed by atoms with Crippen LogP contribution in [-0.2, 0) is 0 Å². The SMILES string of the molecule is Fc1c(Cl)ncc2c(N3CCC(F)(F)C3)nc(Cl)nc12. The molecule has 0 N–H and O–H groups in total. The van der Waals surface area contributed by atoms with E-state index in [1.807, 2.05) is 0 Å². The quantitative estimate of drug-likeness (QED) is 0.596. The number of alkyl halides is 2. The van der Waals surface area contributed by atoms with Crippen molar-refractivity contribution in [3.8, 4) is 0 Å². The number of hydrogen-bond donors (Lipinski definition) is 0. The van der Waals surface area contributed by atoms with Crippen molar-refractivity contribution in [2.45, 2.75) is 12.3 Å². The van der Waals surface area contributed by atoms with E-state index in [1.54, 1.807) is 0 Å². The number of anilines is 1. The fourth-order valence-electron chi connectivity index (χ4n) is 2.15. The summed E-state index contributed by atoms with van der Waals surface area (Å²) in [6, 6.07) is 0. The molecule has 1 saturated heterocycles. The predicted molar refractivity (Wildman–Crippen MR) is 69.1 cm³/mol. The Balaban J connectivity index is 2.19. The van der Waals surface area contributed by atoms with Gasteiger partial charge in [0.1, 0.15) is 11.3 Å². The Morgan fingerprint density at radius 3 is 2.65 bits per heavy atom. The van der Waals surface area contributed by atoms with Gasteiger partial charge in [-0.3, -0.25) is 0 Å². The van der Waals surface area contributed by atoms with E-state index >= 15 is 0 Å². The Bertz CT molecular complexity index is 695. The van der Waals surface area contributed by atoms with E-state index in [0.717, 1.165) is 0 Å². The lowest BCUT2D eigenvalue weighted by Gasteiger charge is -2.18. The number of fused-ring (bicyclic) bond motifs is 1. The van der Waals surface area contributed by atoms with Crippen LogP contribution in [0.3, 0.4) is 0 Å². The number of aromatic nitrogens is 3. The average molecular weight is 323 g/mol. The summed E-state index contributed by atoms with van der Waals surface area (Å²) in [5, 5.41) is -0.386. The zero-order chi connectivity index (χ0) is 14.5. The molecule has 0 radical (unpaired) electrons. The van der Waals surface area contributed by atoms with E-state index in [9.17, 15) is 13.2 Å². The molecule has 0 aliphatic carbocycles. The second kappa shape index (κ2) is 4.60. The Morgan fingerprint density at radius 2 is 2.00 bits per heavy atom. The number of nitrogens with zero attached hydrogens (tertiary/aromatic N) is 4. The fourth-order valence-corrected chi connectivity index (χ4v) is 2.45. The molecule has 0 amide bonds. The molecule has 0 aromatic carbocycles. The first-order chi connectivity index (χ1) is 9.37. The zero-order valence-corrected chi connectivity index (χ0v) is 11.4. The molecular weight excluding hydrogens is 316 g/mol. The molecule has 0 bridgehead atoms. The van der Waals surface area contributed by atoms with Gasteiger partial charge in [0, 0.05) is 19.2 Å². The van der Waals surface area contributed by atoms with E-state index in [-0.39, 0.29) is 40.1 Å². The van der Waals surface area contributed by atoms with E-state index in [1.165, 1.54) is 11.1 Å². The molecule has 1 fully saturated rings. The highest BCUT2D eigenvalue weighted by atomic mass is 35.5. The van der Waals surface area contributed by atoms with Gasteiger partial charge >= 0.3 is 0 Å². The molecule has 9 heteroatoms. The molecule has 1 aliphatic heterocycles. The summed E-state index contributed by atoms with van der Waals surface area (Å²) < 4.78 is 40.5. The van der Waals surface area contributed by atoms with Crippen molar-refractivity contribution in [1.29, 1.82) is 0 Å². The lowest BCUT2D eigenvalue weighted by molar-refractivity contribution is 0.0257. The molecule has 4 nitrogen and oxygen atoms in total. The molecule has 0 saturated carbocycles. The summed E-state index contributed by atoms with van der Waals surface area (Å²) in [6.45, 7) is -0.403. The van der Waals surface area contributed by atoms with E-state index in [4.69, 9.17) is 23.2 Å². The summed E-state index contributed by atoms with van der Waals surface area (Å²) in [5.41, 5.74) is -0.129. The van der Waals surface area contributed by atoms with Crippen LogP contribution in [0.1, 0.15) is 6.42 Å². The molecule has 2 aromatic heterocycles. The van der Waals surface area contributed by atoms with Gasteiger partial charge in [-0.15, -0.1) is 0 Å². The van der Waals surface area contributed by atoms with Gasteiger partial charge in [0.2, 0.25) is 5.28 Å². The standard InChI is InChI=1S/C11H7Cl2F3N4/c12-8-6(14)7-5(3-17-8)9(19-10(13)18-7)20-2-1-11(15,16)4-20/h3H,1-2,4H2. The third kappa shape index (κ3) is 2.25. The molecule has 3 heterocycles. The minimum absolute atomic E-state index is 0.0969. The van der Waals surface area contributed by atoms with E-state index < -0.39 is 18.3 Å². The molecule has 1 aliphatic rings. The van der Waals surface area contributed by atoms with Crippen LogP contribution in [0.2, 0.25) is 10.4 Å². The van der Waals surface area contributed by atoms with Crippen molar-refractivity contribution < 1.29 is 13.2 Å². The Morgan fingerprint density at radius 1 is 1.25 bits per heavy atom. The summed E-state index contributed by atoms with van der Waals surface area (Å²) in [5.74, 6) is -3.51. The highest BCUT2D eigenvalue weighted by Gasteiger charge is 2.39. The van der Waals surface area contributed by atoms with E-state index in [0.29, 0.717) is 0 Å². The first kappa shape index (κ1) is 13.6. The first-order valence-electron chi connectivity index (χ1n) is 5.67. The number of rotatable bonds is 1. The van der Waals surface area contributed by atoms with Crippen LogP contribution < -0.4 is 4.90 Å². The summed E-state index contributed by atoms with van der Waals surface area (Å²) >= 11 is 11.3. The zero-order valence-electron chi connectivity index (χ0n) is 9.88. The third-order valence-corrected chi connectivity index (χ3v) is 3.50. The minimum atomic E-state index is -2.80. The topological polar surface area (TPSA) is 41.9 Å². The maximum absolute atomic E-state index is 13.9. The van der Waals surface area contributed by atoms with Crippen molar-refractivity contribution in [2.24, 2.45) is 0 Å². The largest absolute Gasteiger partial charge is 0.350 e. The van der Waals surface area contributed by atoms with Crippen molar-refractivity contribution in [3.63, 3.8) is 0 Å². The normalized spacial score (nSPS) is 17.9. The summed E-state index contributed by atoms with van der Waals surface area (Å²) in [6.07, 6.45) is 0.961. The van der Waals surface area contributed by atoms with Gasteiger partial charge < -0.3 is 4.90 Å². The van der Waals surface area contributed by atoms with Crippen LogP contribution in [0, 0.1) is 5.82 Å². The fraction of sp³-hybridized carbons (Fsp3) is 0.364. The molecule has 106 valence electrons. The Kier molecular flexibility index (Phi) is 3.13. The van der Waals surface area contributed by atoms with Crippen molar-refractivity contribution in [3.05, 3.63) is 22.5 Å². The second-order valence-electron chi connectivity index (χ2n) is 4.47. The first-order valence-corrected chi connectivity index (χ1v) is 6.43. The average Bonchev–Trinajstić information content (AvgIpc) is 2.74. The highest BCUT2D eigenvalue weighted by molar-refractivity contribution is 6.30. The number of halogens is 5. The van der Waals surface area contributed by atoms with Gasteiger partial charge in [0.15, 0.2) is 11.0 Å². The monoisotopic (exact) mass is 322 g/mol. The van der Waals surface area contributed by atoms with Crippen LogP contribution >= 0.6 is 23.2 Å². The number of hydrogen-bond acceptors (Lipinski definition) is 4. The van der Waals surface area contributed by atoms with Gasteiger partial charge in [-0.05, 0) is 11.6 Å². The lowest BCUT2D eigenvalue weighted by Crippen LogP contribution is -2.26. The molecule has 20 heavy (non-hydrogen) atoms. The maximum atomic E-state index is 13.9. The van der Waals surface area contributed by atoms with Gasteiger partial charge in [-0.2, -0.15) is 4.98 Å².